The number of carbonyl (C=O) groups excluding carboxylic acids is 2. The highest BCUT2D eigenvalue weighted by atomic mass is 32.2. The molecule has 0 aromatic heterocycles. The van der Waals surface area contributed by atoms with E-state index >= 15 is 0 Å². The summed E-state index contributed by atoms with van der Waals surface area (Å²) in [6.07, 6.45) is 3.74. The molecule has 2 heterocycles. The lowest BCUT2D eigenvalue weighted by Crippen LogP contribution is -2.56. The van der Waals surface area contributed by atoms with E-state index in [9.17, 15) is 9.59 Å². The summed E-state index contributed by atoms with van der Waals surface area (Å²) in [5.41, 5.74) is 4.94. The zero-order chi connectivity index (χ0) is 13.1. The Labute approximate surface area is 111 Å². The van der Waals surface area contributed by atoms with Gasteiger partial charge in [-0.25, -0.2) is 4.79 Å². The van der Waals surface area contributed by atoms with E-state index in [0.717, 1.165) is 12.8 Å². The highest BCUT2D eigenvalue weighted by molar-refractivity contribution is 8.00. The molecule has 2 unspecified atom stereocenters. The van der Waals surface area contributed by atoms with E-state index in [1.54, 1.807) is 11.8 Å². The van der Waals surface area contributed by atoms with Gasteiger partial charge >= 0.3 is 6.09 Å². The minimum atomic E-state index is -0.740. The molecule has 0 aromatic rings. The second kappa shape index (κ2) is 5.82. The summed E-state index contributed by atoms with van der Waals surface area (Å²) in [6, 6.07) is 0. The lowest BCUT2D eigenvalue weighted by atomic mass is 9.92. The molecule has 2 aliphatic rings. The number of primary amides is 1. The van der Waals surface area contributed by atoms with Gasteiger partial charge in [0.15, 0.2) is 0 Å². The lowest BCUT2D eigenvalue weighted by molar-refractivity contribution is -0.149. The molecular weight excluding hydrogens is 252 g/mol. The van der Waals surface area contributed by atoms with Gasteiger partial charge in [0.2, 0.25) is 5.91 Å². The first-order chi connectivity index (χ1) is 8.63. The van der Waals surface area contributed by atoms with Crippen molar-refractivity contribution in [2.75, 3.05) is 13.2 Å². The molecule has 2 aliphatic heterocycles. The molecule has 3 atom stereocenters. The number of thioether (sulfide) groups is 1. The van der Waals surface area contributed by atoms with Crippen LogP contribution in [0.25, 0.3) is 0 Å². The van der Waals surface area contributed by atoms with Gasteiger partial charge in [-0.05, 0) is 6.42 Å². The van der Waals surface area contributed by atoms with Crippen LogP contribution in [0.5, 0.6) is 0 Å². The molecule has 2 N–H and O–H groups in total. The fourth-order valence-electron chi connectivity index (χ4n) is 2.56. The summed E-state index contributed by atoms with van der Waals surface area (Å²) in [5.74, 6) is 0.449. The zero-order valence-electron chi connectivity index (χ0n) is 10.6. The van der Waals surface area contributed by atoms with E-state index in [1.807, 2.05) is 4.90 Å². The Hall–Kier alpha value is -0.910. The van der Waals surface area contributed by atoms with Crippen LogP contribution in [0.2, 0.25) is 0 Å². The van der Waals surface area contributed by atoms with E-state index < -0.39 is 6.09 Å². The second-order valence-corrected chi connectivity index (χ2v) is 6.29. The number of nitrogens with two attached hydrogens (primary N) is 1. The van der Waals surface area contributed by atoms with Crippen LogP contribution in [-0.2, 0) is 9.53 Å². The summed E-state index contributed by atoms with van der Waals surface area (Å²) in [4.78, 5) is 24.3. The third-order valence-corrected chi connectivity index (χ3v) is 5.05. The minimum absolute atomic E-state index is 0.181. The fraction of sp³-hybridized carbons (Fsp3) is 0.833. The molecule has 0 radical (unpaired) electrons. The highest BCUT2D eigenvalue weighted by Gasteiger charge is 2.52. The van der Waals surface area contributed by atoms with Gasteiger partial charge < -0.3 is 15.4 Å². The average Bonchev–Trinajstić information content (AvgIpc) is 2.72. The summed E-state index contributed by atoms with van der Waals surface area (Å²) in [6.45, 7) is 3.16. The van der Waals surface area contributed by atoms with Crippen LogP contribution in [0.3, 0.4) is 0 Å². The number of fused-ring (bicyclic) bond motifs is 1. The number of amides is 2. The molecule has 2 rings (SSSR count). The zero-order valence-corrected chi connectivity index (χ0v) is 11.4. The average molecular weight is 272 g/mol. The van der Waals surface area contributed by atoms with Crippen LogP contribution in [0.4, 0.5) is 4.79 Å². The van der Waals surface area contributed by atoms with E-state index in [4.69, 9.17) is 10.5 Å². The van der Waals surface area contributed by atoms with Crippen molar-refractivity contribution in [1.82, 2.24) is 4.90 Å². The monoisotopic (exact) mass is 272 g/mol. The van der Waals surface area contributed by atoms with Crippen molar-refractivity contribution in [3.63, 3.8) is 0 Å². The van der Waals surface area contributed by atoms with Crippen molar-refractivity contribution in [3.05, 3.63) is 0 Å². The van der Waals surface area contributed by atoms with Crippen LogP contribution < -0.4 is 5.73 Å². The van der Waals surface area contributed by atoms with Crippen LogP contribution in [-0.4, -0.2) is 40.7 Å². The molecule has 18 heavy (non-hydrogen) atoms. The summed E-state index contributed by atoms with van der Waals surface area (Å²) >= 11 is 1.74. The minimum Gasteiger partial charge on any atom is -0.448 e. The number of unbranched alkanes of at least 4 members (excludes halogenated alkanes) is 2. The quantitative estimate of drug-likeness (QED) is 0.588. The summed E-state index contributed by atoms with van der Waals surface area (Å²) < 4.78 is 4.80. The molecule has 2 saturated heterocycles. The second-order valence-electron chi connectivity index (χ2n) is 4.87. The topological polar surface area (TPSA) is 72.6 Å². The Morgan fingerprint density at radius 2 is 2.33 bits per heavy atom. The Morgan fingerprint density at radius 3 is 3.00 bits per heavy atom. The van der Waals surface area contributed by atoms with E-state index in [2.05, 4.69) is 6.92 Å². The maximum Gasteiger partial charge on any atom is 0.404 e. The molecule has 2 fully saturated rings. The SMILES string of the molecule is CCCCCC1C(=O)N2CC(COC(N)=O)S[C@@H]12. The smallest absolute Gasteiger partial charge is 0.404 e. The summed E-state index contributed by atoms with van der Waals surface area (Å²) in [7, 11) is 0. The van der Waals surface area contributed by atoms with Crippen molar-refractivity contribution in [2.24, 2.45) is 11.7 Å². The molecule has 0 bridgehead atoms. The number of hydrogen-bond acceptors (Lipinski definition) is 4. The largest absolute Gasteiger partial charge is 0.448 e. The van der Waals surface area contributed by atoms with Gasteiger partial charge in [0, 0.05) is 6.54 Å². The van der Waals surface area contributed by atoms with Crippen molar-refractivity contribution in [1.29, 1.82) is 0 Å². The first-order valence-corrected chi connectivity index (χ1v) is 7.46. The predicted octanol–water partition coefficient (Wildman–Crippen LogP) is 1.56. The molecule has 5 nitrogen and oxygen atoms in total. The normalized spacial score (nSPS) is 29.9. The molecular formula is C12H20N2O3S. The first-order valence-electron chi connectivity index (χ1n) is 6.51. The van der Waals surface area contributed by atoms with E-state index in [1.165, 1.54) is 12.8 Å². The third kappa shape index (κ3) is 2.74. The third-order valence-electron chi connectivity index (χ3n) is 3.51. The number of rotatable bonds is 6. The maximum atomic E-state index is 11.9. The number of β-lactam (4-membered cyclic amide) rings is 1. The Bertz CT molecular complexity index is 337. The van der Waals surface area contributed by atoms with Crippen molar-refractivity contribution >= 4 is 23.8 Å². The van der Waals surface area contributed by atoms with Gasteiger partial charge in [-0.1, -0.05) is 26.2 Å². The molecule has 2 amide bonds. The maximum absolute atomic E-state index is 11.9. The lowest BCUT2D eigenvalue weighted by Gasteiger charge is -2.41. The van der Waals surface area contributed by atoms with Gasteiger partial charge in [-0.15, -0.1) is 11.8 Å². The molecule has 0 spiro atoms. The van der Waals surface area contributed by atoms with Gasteiger partial charge in [-0.2, -0.15) is 0 Å². The molecule has 102 valence electrons. The Morgan fingerprint density at radius 1 is 1.56 bits per heavy atom. The van der Waals surface area contributed by atoms with E-state index in [0.29, 0.717) is 18.5 Å². The molecule has 0 aromatic carbocycles. The fourth-order valence-corrected chi connectivity index (χ4v) is 4.13. The standard InChI is InChI=1S/C12H20N2O3S/c1-2-3-4-5-9-10(15)14-6-8(18-11(9)14)7-17-12(13)16/h8-9,11H,2-7H2,1H3,(H2,13,16)/t8?,9?,11-/m0/s1. The first kappa shape index (κ1) is 13.5. The predicted molar refractivity (Wildman–Crippen MR) is 70.0 cm³/mol. The van der Waals surface area contributed by atoms with Gasteiger partial charge in [0.25, 0.3) is 0 Å². The number of hydrogen-bond donors (Lipinski definition) is 1. The van der Waals surface area contributed by atoms with Crippen LogP contribution >= 0.6 is 11.8 Å². The van der Waals surface area contributed by atoms with Crippen LogP contribution in [0.1, 0.15) is 32.6 Å². The van der Waals surface area contributed by atoms with Crippen LogP contribution in [0, 0.1) is 5.92 Å². The van der Waals surface area contributed by atoms with Gasteiger partial charge in [0.05, 0.1) is 16.5 Å². The highest BCUT2D eigenvalue weighted by Crippen LogP contribution is 2.45. The summed E-state index contributed by atoms with van der Waals surface area (Å²) in [5, 5.41) is 0.485. The van der Waals surface area contributed by atoms with Crippen LogP contribution in [0.15, 0.2) is 0 Å². The van der Waals surface area contributed by atoms with Crippen molar-refractivity contribution < 1.29 is 14.3 Å². The van der Waals surface area contributed by atoms with Crippen molar-refractivity contribution in [2.45, 2.75) is 43.2 Å². The van der Waals surface area contributed by atoms with E-state index in [-0.39, 0.29) is 17.1 Å². The molecule has 6 heteroatoms. The molecule has 0 aliphatic carbocycles. The molecule has 0 saturated carbocycles. The number of ether oxygens (including phenoxy) is 1. The Balaban J connectivity index is 1.76. The van der Waals surface area contributed by atoms with Gasteiger partial charge in [-0.3, -0.25) is 4.79 Å². The number of nitrogens with zero attached hydrogens (tertiary/aromatic N) is 1. The van der Waals surface area contributed by atoms with Crippen molar-refractivity contribution in [3.8, 4) is 0 Å². The Kier molecular flexibility index (Phi) is 4.37. The van der Waals surface area contributed by atoms with Gasteiger partial charge in [0.1, 0.15) is 6.61 Å². The number of carbonyl (C=O) groups is 2.